The second kappa shape index (κ2) is 9.02. The van der Waals surface area contributed by atoms with Gasteiger partial charge in [0.15, 0.2) is 0 Å². The Bertz CT molecular complexity index is 942. The third kappa shape index (κ3) is 4.00. The lowest BCUT2D eigenvalue weighted by atomic mass is 9.98. The quantitative estimate of drug-likeness (QED) is 0.560. The summed E-state index contributed by atoms with van der Waals surface area (Å²) in [5.41, 5.74) is 1.23. The summed E-state index contributed by atoms with van der Waals surface area (Å²) in [6, 6.07) is 7.69. The van der Waals surface area contributed by atoms with E-state index in [1.807, 2.05) is 33.7 Å². The van der Waals surface area contributed by atoms with Crippen LogP contribution in [0.4, 0.5) is 0 Å². The first-order valence-corrected chi connectivity index (χ1v) is 11.3. The van der Waals surface area contributed by atoms with Gasteiger partial charge in [-0.05, 0) is 51.0 Å². The Hall–Kier alpha value is -2.63. The van der Waals surface area contributed by atoms with E-state index in [1.54, 1.807) is 11.1 Å². The minimum Gasteiger partial charge on any atom is -0.341 e. The molecule has 6 heteroatoms. The smallest absolute Gasteiger partial charge is 0.295 e. The molecule has 0 aliphatic carbocycles. The molecule has 0 spiro atoms. The molecule has 1 atom stereocenters. The number of Topliss-reactive ketones (excluding diaryl/α,β-unsaturated/α-hetero) is 1. The van der Waals surface area contributed by atoms with Gasteiger partial charge in [-0.3, -0.25) is 14.4 Å². The van der Waals surface area contributed by atoms with Gasteiger partial charge >= 0.3 is 0 Å². The summed E-state index contributed by atoms with van der Waals surface area (Å²) < 4.78 is 1.83. The van der Waals surface area contributed by atoms with Crippen molar-refractivity contribution in [1.29, 1.82) is 0 Å². The predicted molar refractivity (Wildman–Crippen MR) is 116 cm³/mol. The van der Waals surface area contributed by atoms with Crippen LogP contribution in [0.1, 0.15) is 62.2 Å². The van der Waals surface area contributed by atoms with Gasteiger partial charge in [-0.25, -0.2) is 0 Å². The average molecular weight is 410 g/mol. The summed E-state index contributed by atoms with van der Waals surface area (Å²) in [6.45, 7) is 4.52. The van der Waals surface area contributed by atoms with Gasteiger partial charge in [0.1, 0.15) is 6.54 Å². The van der Waals surface area contributed by atoms with Crippen LogP contribution in [0, 0.1) is 0 Å². The lowest BCUT2D eigenvalue weighted by Crippen LogP contribution is -2.46. The van der Waals surface area contributed by atoms with E-state index in [2.05, 4.69) is 6.92 Å². The molecule has 1 unspecified atom stereocenters. The molecule has 2 saturated heterocycles. The van der Waals surface area contributed by atoms with E-state index in [4.69, 9.17) is 0 Å². The van der Waals surface area contributed by atoms with Crippen molar-refractivity contribution in [3.05, 3.63) is 36.0 Å². The topological polar surface area (TPSA) is 62.6 Å². The standard InChI is InChI=1S/C24H31N3O3/c1-2-18-10-6-9-15-27(18)24(30)23(29)20-16-26(21-12-5-4-11-19(20)21)17-22(28)25-13-7-3-8-14-25/h4-5,11-12,16,18H,2-3,6-10,13-15,17H2,1H3. The Labute approximate surface area is 177 Å². The molecular weight excluding hydrogens is 378 g/mol. The fourth-order valence-electron chi connectivity index (χ4n) is 4.89. The molecule has 2 fully saturated rings. The van der Waals surface area contributed by atoms with E-state index >= 15 is 0 Å². The van der Waals surface area contributed by atoms with Crippen LogP contribution < -0.4 is 0 Å². The van der Waals surface area contributed by atoms with Crippen molar-refractivity contribution in [2.24, 2.45) is 0 Å². The summed E-state index contributed by atoms with van der Waals surface area (Å²) in [5, 5.41) is 0.743. The van der Waals surface area contributed by atoms with Gasteiger partial charge in [-0.15, -0.1) is 0 Å². The van der Waals surface area contributed by atoms with Crippen LogP contribution >= 0.6 is 0 Å². The van der Waals surface area contributed by atoms with Crippen LogP contribution in [0.2, 0.25) is 0 Å². The monoisotopic (exact) mass is 409 g/mol. The highest BCUT2D eigenvalue weighted by Crippen LogP contribution is 2.25. The summed E-state index contributed by atoms with van der Waals surface area (Å²) >= 11 is 0. The average Bonchev–Trinajstić information content (AvgIpc) is 3.17. The third-order valence-electron chi connectivity index (χ3n) is 6.60. The second-order valence-electron chi connectivity index (χ2n) is 8.51. The number of aromatic nitrogens is 1. The fourth-order valence-corrected chi connectivity index (χ4v) is 4.89. The summed E-state index contributed by atoms with van der Waals surface area (Å²) in [7, 11) is 0. The molecule has 0 bridgehead atoms. The first-order chi connectivity index (χ1) is 14.6. The Balaban J connectivity index is 1.60. The van der Waals surface area contributed by atoms with E-state index in [1.165, 1.54) is 6.42 Å². The number of rotatable bonds is 5. The zero-order valence-electron chi connectivity index (χ0n) is 17.8. The Morgan fingerprint density at radius 3 is 2.47 bits per heavy atom. The van der Waals surface area contributed by atoms with Gasteiger partial charge < -0.3 is 14.4 Å². The van der Waals surface area contributed by atoms with Crippen LogP contribution in [0.15, 0.2) is 30.5 Å². The van der Waals surface area contributed by atoms with Crippen molar-refractivity contribution >= 4 is 28.5 Å². The minimum atomic E-state index is -0.462. The zero-order valence-corrected chi connectivity index (χ0v) is 17.8. The SMILES string of the molecule is CCC1CCCCN1C(=O)C(=O)c1cn(CC(=O)N2CCCCC2)c2ccccc12. The van der Waals surface area contributed by atoms with Crippen LogP contribution in [0.3, 0.4) is 0 Å². The van der Waals surface area contributed by atoms with Crippen molar-refractivity contribution in [2.45, 2.75) is 64.5 Å². The summed E-state index contributed by atoms with van der Waals surface area (Å²) in [4.78, 5) is 42.8. The number of benzene rings is 1. The highest BCUT2D eigenvalue weighted by atomic mass is 16.2. The van der Waals surface area contributed by atoms with Gasteiger partial charge in [-0.2, -0.15) is 0 Å². The first kappa shape index (κ1) is 20.6. The number of hydrogen-bond donors (Lipinski definition) is 0. The zero-order chi connectivity index (χ0) is 21.1. The number of nitrogens with zero attached hydrogens (tertiary/aromatic N) is 3. The van der Waals surface area contributed by atoms with Crippen LogP contribution in [-0.2, 0) is 16.1 Å². The number of carbonyl (C=O) groups excluding carboxylic acids is 3. The third-order valence-corrected chi connectivity index (χ3v) is 6.60. The minimum absolute atomic E-state index is 0.0721. The van der Waals surface area contributed by atoms with Crippen molar-refractivity contribution in [3.63, 3.8) is 0 Å². The second-order valence-corrected chi connectivity index (χ2v) is 8.51. The summed E-state index contributed by atoms with van der Waals surface area (Å²) in [5.74, 6) is -0.801. The van der Waals surface area contributed by atoms with Gasteiger partial charge in [-0.1, -0.05) is 25.1 Å². The summed E-state index contributed by atoms with van der Waals surface area (Å²) in [6.07, 6.45) is 8.85. The van der Waals surface area contributed by atoms with Crippen LogP contribution in [-0.4, -0.2) is 57.6 Å². The van der Waals surface area contributed by atoms with Gasteiger partial charge in [0.2, 0.25) is 5.91 Å². The lowest BCUT2D eigenvalue weighted by Gasteiger charge is -2.34. The highest BCUT2D eigenvalue weighted by Gasteiger charge is 2.32. The normalized spacial score (nSPS) is 19.8. The molecule has 2 aromatic rings. The number of hydrogen-bond acceptors (Lipinski definition) is 3. The van der Waals surface area contributed by atoms with E-state index in [9.17, 15) is 14.4 Å². The van der Waals surface area contributed by atoms with E-state index < -0.39 is 11.7 Å². The lowest BCUT2D eigenvalue weighted by molar-refractivity contribution is -0.132. The molecular formula is C24H31N3O3. The Morgan fingerprint density at radius 2 is 1.70 bits per heavy atom. The predicted octanol–water partition coefficient (Wildman–Crippen LogP) is 3.63. The number of fused-ring (bicyclic) bond motifs is 1. The van der Waals surface area contributed by atoms with Gasteiger partial charge in [0, 0.05) is 42.8 Å². The van der Waals surface area contributed by atoms with Crippen molar-refractivity contribution in [3.8, 4) is 0 Å². The van der Waals surface area contributed by atoms with E-state index in [0.717, 1.165) is 62.5 Å². The molecule has 6 nitrogen and oxygen atoms in total. The molecule has 1 aromatic heterocycles. The van der Waals surface area contributed by atoms with Crippen molar-refractivity contribution < 1.29 is 14.4 Å². The van der Waals surface area contributed by atoms with Gasteiger partial charge in [0.05, 0.1) is 5.56 Å². The number of likely N-dealkylation sites (tertiary alicyclic amines) is 2. The van der Waals surface area contributed by atoms with E-state index in [-0.39, 0.29) is 18.5 Å². The molecule has 4 rings (SSSR count). The molecule has 1 aromatic carbocycles. The molecule has 30 heavy (non-hydrogen) atoms. The maximum Gasteiger partial charge on any atom is 0.295 e. The number of carbonyl (C=O) groups is 3. The molecule has 2 aliphatic heterocycles. The molecule has 2 aliphatic rings. The number of amides is 2. The van der Waals surface area contributed by atoms with E-state index in [0.29, 0.717) is 12.1 Å². The molecule has 0 radical (unpaired) electrons. The fraction of sp³-hybridized carbons (Fsp3) is 0.542. The molecule has 3 heterocycles. The number of piperidine rings is 2. The maximum atomic E-state index is 13.2. The largest absolute Gasteiger partial charge is 0.341 e. The molecule has 0 N–H and O–H groups in total. The van der Waals surface area contributed by atoms with Crippen LogP contribution in [0.5, 0.6) is 0 Å². The van der Waals surface area contributed by atoms with Crippen molar-refractivity contribution in [1.82, 2.24) is 14.4 Å². The molecule has 0 saturated carbocycles. The molecule has 2 amide bonds. The Kier molecular flexibility index (Phi) is 6.21. The first-order valence-electron chi connectivity index (χ1n) is 11.3. The van der Waals surface area contributed by atoms with Crippen LogP contribution in [0.25, 0.3) is 10.9 Å². The van der Waals surface area contributed by atoms with Gasteiger partial charge in [0.25, 0.3) is 11.7 Å². The number of para-hydroxylation sites is 1. The molecule has 160 valence electrons. The maximum absolute atomic E-state index is 13.2. The van der Waals surface area contributed by atoms with Crippen molar-refractivity contribution in [2.75, 3.05) is 19.6 Å². The highest BCUT2D eigenvalue weighted by molar-refractivity contribution is 6.45. The Morgan fingerprint density at radius 1 is 0.967 bits per heavy atom. The number of ketones is 1.